The van der Waals surface area contributed by atoms with Crippen molar-refractivity contribution < 1.29 is 45.4 Å². The van der Waals surface area contributed by atoms with Gasteiger partial charge in [0.2, 0.25) is 0 Å². The van der Waals surface area contributed by atoms with E-state index >= 15 is 0 Å². The number of hydrogen-bond donors (Lipinski definition) is 1. The number of ether oxygens (including phenoxy) is 2. The number of halogens is 6. The van der Waals surface area contributed by atoms with Crippen molar-refractivity contribution in [2.45, 2.75) is 19.4 Å². The van der Waals surface area contributed by atoms with Crippen molar-refractivity contribution >= 4 is 17.6 Å². The number of rotatable bonds is 5. The highest BCUT2D eigenvalue weighted by atomic mass is 19.4. The van der Waals surface area contributed by atoms with Crippen molar-refractivity contribution in [1.82, 2.24) is 0 Å². The van der Waals surface area contributed by atoms with Crippen LogP contribution in [0.2, 0.25) is 0 Å². The van der Waals surface area contributed by atoms with E-state index in [1.807, 2.05) is 5.32 Å². The number of amides is 1. The number of alkyl halides is 3. The molecule has 0 aliphatic heterocycles. The van der Waals surface area contributed by atoms with Gasteiger partial charge in [-0.05, 0) is 43.3 Å². The molecule has 0 aromatic heterocycles. The summed E-state index contributed by atoms with van der Waals surface area (Å²) in [7, 11) is 0. The zero-order chi connectivity index (χ0) is 21.1. The minimum atomic E-state index is -4.90. The van der Waals surface area contributed by atoms with Gasteiger partial charge in [0.05, 0.1) is 11.3 Å². The normalized spacial score (nSPS) is 12.2. The maximum absolute atomic E-state index is 13.5. The van der Waals surface area contributed by atoms with Crippen LogP contribution in [-0.2, 0) is 9.53 Å². The lowest BCUT2D eigenvalue weighted by Gasteiger charge is -2.14. The van der Waals surface area contributed by atoms with Crippen LogP contribution < -0.4 is 10.1 Å². The summed E-state index contributed by atoms with van der Waals surface area (Å²) in [6, 6.07) is 5.05. The number of nitrogens with one attached hydrogen (secondary N) is 1. The third kappa shape index (κ3) is 5.38. The second-order valence-corrected chi connectivity index (χ2v) is 5.33. The third-order valence-electron chi connectivity index (χ3n) is 3.27. The summed E-state index contributed by atoms with van der Waals surface area (Å²) in [5, 5.41) is 1.93. The first-order valence-electron chi connectivity index (χ1n) is 7.49. The minimum absolute atomic E-state index is 0.187. The van der Waals surface area contributed by atoms with Gasteiger partial charge in [0.25, 0.3) is 5.91 Å². The number of benzene rings is 2. The average Bonchev–Trinajstić information content (AvgIpc) is 2.61. The smallest absolute Gasteiger partial charge is 0.449 e. The Hall–Kier alpha value is -3.24. The van der Waals surface area contributed by atoms with Gasteiger partial charge in [0.1, 0.15) is 5.75 Å². The van der Waals surface area contributed by atoms with Gasteiger partial charge in [-0.25, -0.2) is 18.0 Å². The summed E-state index contributed by atoms with van der Waals surface area (Å²) in [5.74, 6) is -7.55. The van der Waals surface area contributed by atoms with E-state index in [4.69, 9.17) is 4.74 Å². The molecule has 0 saturated carbocycles. The lowest BCUT2D eigenvalue weighted by Crippen LogP contribution is -2.30. The van der Waals surface area contributed by atoms with Crippen LogP contribution >= 0.6 is 0 Å². The molecule has 0 aliphatic rings. The number of esters is 1. The van der Waals surface area contributed by atoms with Gasteiger partial charge in [-0.15, -0.1) is 13.2 Å². The Bertz CT molecular complexity index is 882. The average molecular weight is 407 g/mol. The zero-order valence-corrected chi connectivity index (χ0v) is 13.9. The van der Waals surface area contributed by atoms with Gasteiger partial charge >= 0.3 is 12.3 Å². The van der Waals surface area contributed by atoms with E-state index in [0.29, 0.717) is 6.07 Å². The fraction of sp³-hybridized carbons (Fsp3) is 0.176. The molecule has 0 bridgehead atoms. The van der Waals surface area contributed by atoms with Gasteiger partial charge in [-0.2, -0.15) is 0 Å². The van der Waals surface area contributed by atoms with E-state index in [1.165, 1.54) is 0 Å². The molecule has 0 fully saturated rings. The highest BCUT2D eigenvalue weighted by Crippen LogP contribution is 2.23. The third-order valence-corrected chi connectivity index (χ3v) is 3.27. The highest BCUT2D eigenvalue weighted by molar-refractivity contribution is 5.97. The van der Waals surface area contributed by atoms with Crippen LogP contribution in [0.25, 0.3) is 0 Å². The maximum atomic E-state index is 13.5. The first-order valence-corrected chi connectivity index (χ1v) is 7.49. The summed E-state index contributed by atoms with van der Waals surface area (Å²) in [5.41, 5.74) is -0.853. The second-order valence-electron chi connectivity index (χ2n) is 5.33. The van der Waals surface area contributed by atoms with E-state index in [2.05, 4.69) is 4.74 Å². The van der Waals surface area contributed by atoms with Crippen molar-refractivity contribution in [2.75, 3.05) is 5.32 Å². The van der Waals surface area contributed by atoms with Crippen LogP contribution in [0.1, 0.15) is 17.3 Å². The van der Waals surface area contributed by atoms with E-state index in [1.54, 1.807) is 0 Å². The molecule has 28 heavy (non-hydrogen) atoms. The van der Waals surface area contributed by atoms with Crippen molar-refractivity contribution in [1.29, 1.82) is 0 Å². The Morgan fingerprint density at radius 1 is 0.964 bits per heavy atom. The van der Waals surface area contributed by atoms with Crippen molar-refractivity contribution in [2.24, 2.45) is 0 Å². The zero-order valence-electron chi connectivity index (χ0n) is 13.9. The molecule has 0 spiro atoms. The van der Waals surface area contributed by atoms with E-state index < -0.39 is 53.2 Å². The van der Waals surface area contributed by atoms with Crippen molar-refractivity contribution in [3.8, 4) is 5.75 Å². The minimum Gasteiger partial charge on any atom is -0.449 e. The summed E-state index contributed by atoms with van der Waals surface area (Å²) < 4.78 is 84.3. The predicted octanol–water partition coefficient (Wildman–Crippen LogP) is 4.19. The molecule has 2 rings (SSSR count). The highest BCUT2D eigenvalue weighted by Gasteiger charge is 2.31. The Morgan fingerprint density at radius 3 is 2.14 bits per heavy atom. The van der Waals surface area contributed by atoms with Crippen LogP contribution in [-0.4, -0.2) is 24.3 Å². The topological polar surface area (TPSA) is 64.6 Å². The first kappa shape index (κ1) is 21.1. The Labute approximate surface area is 153 Å². The molecule has 2 aromatic carbocycles. The van der Waals surface area contributed by atoms with Crippen LogP contribution in [0.4, 0.5) is 32.0 Å². The van der Waals surface area contributed by atoms with Gasteiger partial charge in [0.15, 0.2) is 23.6 Å². The Balaban J connectivity index is 2.00. The Morgan fingerprint density at radius 2 is 1.57 bits per heavy atom. The number of hydrogen-bond acceptors (Lipinski definition) is 4. The Kier molecular flexibility index (Phi) is 6.16. The lowest BCUT2D eigenvalue weighted by molar-refractivity contribution is -0.274. The number of carbonyl (C=O) groups is 2. The molecule has 150 valence electrons. The molecule has 0 heterocycles. The largest absolute Gasteiger partial charge is 0.573 e. The molecule has 0 aliphatic carbocycles. The molecule has 2 aromatic rings. The number of anilines is 1. The summed E-state index contributed by atoms with van der Waals surface area (Å²) >= 11 is 0. The standard InChI is InChI=1S/C17H11F6NO4/c1-8(15(25)24-12-7-6-11(18)13(19)14(12)20)27-16(26)9-2-4-10(5-3-9)28-17(21,22)23/h2-8H,1H3,(H,24,25). The predicted molar refractivity (Wildman–Crippen MR) is 82.9 cm³/mol. The molecular weight excluding hydrogens is 396 g/mol. The fourth-order valence-electron chi connectivity index (χ4n) is 1.93. The van der Waals surface area contributed by atoms with E-state index in [0.717, 1.165) is 37.3 Å². The molecular formula is C17H11F6NO4. The van der Waals surface area contributed by atoms with Crippen LogP contribution in [0.15, 0.2) is 36.4 Å². The van der Waals surface area contributed by atoms with E-state index in [-0.39, 0.29) is 5.56 Å². The SMILES string of the molecule is CC(OC(=O)c1ccc(OC(F)(F)F)cc1)C(=O)Nc1ccc(F)c(F)c1F. The van der Waals surface area contributed by atoms with Crippen molar-refractivity contribution in [3.05, 3.63) is 59.4 Å². The van der Waals surface area contributed by atoms with Gasteiger partial charge in [-0.3, -0.25) is 4.79 Å². The van der Waals surface area contributed by atoms with Crippen molar-refractivity contribution in [3.63, 3.8) is 0 Å². The van der Waals surface area contributed by atoms with Gasteiger partial charge in [0, 0.05) is 0 Å². The summed E-state index contributed by atoms with van der Waals surface area (Å²) in [4.78, 5) is 23.8. The van der Waals surface area contributed by atoms with Crippen LogP contribution in [0.5, 0.6) is 5.75 Å². The summed E-state index contributed by atoms with van der Waals surface area (Å²) in [6.07, 6.45) is -6.38. The molecule has 0 saturated heterocycles. The van der Waals surface area contributed by atoms with Crippen LogP contribution in [0, 0.1) is 17.5 Å². The van der Waals surface area contributed by atoms with Gasteiger partial charge < -0.3 is 14.8 Å². The quantitative estimate of drug-likeness (QED) is 0.459. The van der Waals surface area contributed by atoms with E-state index in [9.17, 15) is 35.9 Å². The molecule has 1 unspecified atom stereocenters. The molecule has 1 atom stereocenters. The molecule has 1 N–H and O–H groups in total. The first-order chi connectivity index (χ1) is 13.0. The number of carbonyl (C=O) groups excluding carboxylic acids is 2. The maximum Gasteiger partial charge on any atom is 0.573 e. The molecule has 1 amide bonds. The lowest BCUT2D eigenvalue weighted by atomic mass is 10.2. The molecule has 5 nitrogen and oxygen atoms in total. The molecule has 11 heteroatoms. The molecule has 0 radical (unpaired) electrons. The summed E-state index contributed by atoms with van der Waals surface area (Å²) in [6.45, 7) is 1.12. The van der Waals surface area contributed by atoms with Crippen LogP contribution in [0.3, 0.4) is 0 Å². The second kappa shape index (κ2) is 8.19. The van der Waals surface area contributed by atoms with Gasteiger partial charge in [-0.1, -0.05) is 0 Å². The fourth-order valence-corrected chi connectivity index (χ4v) is 1.93. The monoisotopic (exact) mass is 407 g/mol.